The highest BCUT2D eigenvalue weighted by molar-refractivity contribution is 6.06. The lowest BCUT2D eigenvalue weighted by molar-refractivity contribution is 0.0692. The van der Waals surface area contributed by atoms with Crippen LogP contribution in [0.25, 0.3) is 22.0 Å². The smallest absolute Gasteiger partial charge is 0.357 e. The van der Waals surface area contributed by atoms with Gasteiger partial charge in [0, 0.05) is 56.1 Å². The van der Waals surface area contributed by atoms with Gasteiger partial charge >= 0.3 is 12.0 Å². The summed E-state index contributed by atoms with van der Waals surface area (Å²) in [6.45, 7) is 6.58. The third kappa shape index (κ3) is 5.51. The Labute approximate surface area is 231 Å². The SMILES string of the molecule is O=C(O)c1nn(C(=O)Nc2ccc(N3CCNCC3)nc2)c2ccc(-c3cncc(CN4CCCCC4)c3)cc12. The molecule has 5 heterocycles. The molecular weight excluding hydrogens is 508 g/mol. The maximum absolute atomic E-state index is 13.2. The molecule has 0 saturated carbocycles. The molecule has 3 aromatic heterocycles. The number of nitrogens with one attached hydrogen (secondary N) is 2. The van der Waals surface area contributed by atoms with Gasteiger partial charge in [-0.2, -0.15) is 9.78 Å². The molecule has 11 heteroatoms. The van der Waals surface area contributed by atoms with Crippen molar-refractivity contribution in [2.24, 2.45) is 0 Å². The minimum absolute atomic E-state index is 0.184. The Morgan fingerprint density at radius 2 is 1.75 bits per heavy atom. The number of fused-ring (bicyclic) bond motifs is 1. The quantitative estimate of drug-likeness (QED) is 0.336. The first-order valence-electron chi connectivity index (χ1n) is 13.7. The van der Waals surface area contributed by atoms with Crippen LogP contribution in [0.2, 0.25) is 0 Å². The molecule has 0 aliphatic carbocycles. The molecule has 4 aromatic rings. The van der Waals surface area contributed by atoms with Crippen LogP contribution in [-0.4, -0.2) is 81.0 Å². The molecule has 2 saturated heterocycles. The van der Waals surface area contributed by atoms with Gasteiger partial charge in [0.05, 0.1) is 17.4 Å². The lowest BCUT2D eigenvalue weighted by atomic mass is 10.0. The Morgan fingerprint density at radius 3 is 2.50 bits per heavy atom. The van der Waals surface area contributed by atoms with E-state index in [4.69, 9.17) is 0 Å². The maximum atomic E-state index is 13.2. The molecule has 1 aromatic carbocycles. The fourth-order valence-electron chi connectivity index (χ4n) is 5.44. The van der Waals surface area contributed by atoms with Gasteiger partial charge in [0.25, 0.3) is 0 Å². The third-order valence-electron chi connectivity index (χ3n) is 7.50. The van der Waals surface area contributed by atoms with Crippen molar-refractivity contribution in [3.63, 3.8) is 0 Å². The number of carbonyl (C=O) groups is 2. The highest BCUT2D eigenvalue weighted by Crippen LogP contribution is 2.28. The zero-order valence-corrected chi connectivity index (χ0v) is 22.2. The number of piperidine rings is 1. The average molecular weight is 541 g/mol. The normalized spacial score (nSPS) is 16.2. The largest absolute Gasteiger partial charge is 0.476 e. The summed E-state index contributed by atoms with van der Waals surface area (Å²) in [4.78, 5) is 38.8. The van der Waals surface area contributed by atoms with Crippen LogP contribution < -0.4 is 15.5 Å². The van der Waals surface area contributed by atoms with Gasteiger partial charge in [-0.3, -0.25) is 9.88 Å². The van der Waals surface area contributed by atoms with Gasteiger partial charge < -0.3 is 20.6 Å². The Balaban J connectivity index is 1.24. The summed E-state index contributed by atoms with van der Waals surface area (Å²) >= 11 is 0. The second kappa shape index (κ2) is 11.4. The predicted molar refractivity (Wildman–Crippen MR) is 153 cm³/mol. The van der Waals surface area contributed by atoms with Crippen molar-refractivity contribution >= 4 is 34.4 Å². The van der Waals surface area contributed by atoms with E-state index < -0.39 is 12.0 Å². The number of hydrogen-bond donors (Lipinski definition) is 3. The minimum atomic E-state index is -1.20. The highest BCUT2D eigenvalue weighted by Gasteiger charge is 2.21. The number of hydrogen-bond acceptors (Lipinski definition) is 8. The maximum Gasteiger partial charge on any atom is 0.357 e. The molecule has 206 valence electrons. The van der Waals surface area contributed by atoms with Crippen LogP contribution in [-0.2, 0) is 6.54 Å². The number of aromatic carboxylic acids is 1. The molecule has 2 aliphatic heterocycles. The Bertz CT molecular complexity index is 1520. The number of aromatic nitrogens is 4. The van der Waals surface area contributed by atoms with Crippen LogP contribution in [0.1, 0.15) is 35.3 Å². The first kappa shape index (κ1) is 25.9. The van der Waals surface area contributed by atoms with Crippen LogP contribution in [0.5, 0.6) is 0 Å². The number of rotatable bonds is 6. The van der Waals surface area contributed by atoms with Crippen LogP contribution in [0, 0.1) is 0 Å². The monoisotopic (exact) mass is 540 g/mol. The lowest BCUT2D eigenvalue weighted by Crippen LogP contribution is -2.43. The number of carboxylic acids is 1. The van der Waals surface area contributed by atoms with E-state index in [-0.39, 0.29) is 5.69 Å². The Hall–Kier alpha value is -4.35. The van der Waals surface area contributed by atoms with Crippen molar-refractivity contribution in [2.45, 2.75) is 25.8 Å². The zero-order chi connectivity index (χ0) is 27.5. The number of carboxylic acid groups (broad SMARTS) is 1. The van der Waals surface area contributed by atoms with E-state index in [0.29, 0.717) is 16.6 Å². The number of pyridine rings is 2. The molecular formula is C29H32N8O3. The van der Waals surface area contributed by atoms with Crippen LogP contribution in [0.3, 0.4) is 0 Å². The number of benzene rings is 1. The fraction of sp³-hybridized carbons (Fsp3) is 0.345. The number of piperazine rings is 1. The minimum Gasteiger partial charge on any atom is -0.476 e. The van der Waals surface area contributed by atoms with Gasteiger partial charge in [0.15, 0.2) is 5.69 Å². The number of likely N-dealkylation sites (tertiary alicyclic amines) is 1. The molecule has 0 unspecified atom stereocenters. The number of amides is 1. The number of carbonyl (C=O) groups excluding carboxylic acids is 1. The molecule has 6 rings (SSSR count). The molecule has 0 spiro atoms. The van der Waals surface area contributed by atoms with Crippen molar-refractivity contribution in [3.05, 3.63) is 66.2 Å². The Kier molecular flexibility index (Phi) is 7.39. The summed E-state index contributed by atoms with van der Waals surface area (Å²) in [5.41, 5.74) is 3.54. The van der Waals surface area contributed by atoms with E-state index in [1.807, 2.05) is 18.3 Å². The number of anilines is 2. The van der Waals surface area contributed by atoms with Gasteiger partial charge in [-0.1, -0.05) is 12.5 Å². The summed E-state index contributed by atoms with van der Waals surface area (Å²) in [5.74, 6) is -0.355. The summed E-state index contributed by atoms with van der Waals surface area (Å²) in [6.07, 6.45) is 8.98. The molecule has 2 fully saturated rings. The molecule has 1 amide bonds. The van der Waals surface area contributed by atoms with E-state index in [0.717, 1.165) is 73.0 Å². The van der Waals surface area contributed by atoms with Gasteiger partial charge in [-0.25, -0.2) is 14.6 Å². The van der Waals surface area contributed by atoms with Crippen molar-refractivity contribution in [1.82, 2.24) is 30.0 Å². The first-order valence-corrected chi connectivity index (χ1v) is 13.7. The van der Waals surface area contributed by atoms with E-state index in [9.17, 15) is 14.7 Å². The van der Waals surface area contributed by atoms with Crippen molar-refractivity contribution < 1.29 is 14.7 Å². The van der Waals surface area contributed by atoms with Crippen molar-refractivity contribution in [1.29, 1.82) is 0 Å². The van der Waals surface area contributed by atoms with Crippen LogP contribution >= 0.6 is 0 Å². The van der Waals surface area contributed by atoms with E-state index >= 15 is 0 Å². The lowest BCUT2D eigenvalue weighted by Gasteiger charge is -2.28. The first-order chi connectivity index (χ1) is 19.5. The molecule has 11 nitrogen and oxygen atoms in total. The van der Waals surface area contributed by atoms with Crippen molar-refractivity contribution in [2.75, 3.05) is 49.5 Å². The van der Waals surface area contributed by atoms with Gasteiger partial charge in [0.1, 0.15) is 5.82 Å². The summed E-state index contributed by atoms with van der Waals surface area (Å²) in [6, 6.07) is 10.5. The Morgan fingerprint density at radius 1 is 0.925 bits per heavy atom. The van der Waals surface area contributed by atoms with E-state index in [2.05, 4.69) is 41.6 Å². The zero-order valence-electron chi connectivity index (χ0n) is 22.2. The standard InChI is InChI=1S/C29H32N8O3/c38-28(39)27-24-15-21(22-14-20(16-31-17-22)19-35-10-2-1-3-11-35)4-6-25(24)37(34-27)29(40)33-23-5-7-26(32-18-23)36-12-8-30-9-13-36/h4-7,14-18,30H,1-3,8-13,19H2,(H,33,40)(H,38,39). The average Bonchev–Trinajstić information content (AvgIpc) is 3.38. The third-order valence-corrected chi connectivity index (χ3v) is 7.50. The molecule has 2 aliphatic rings. The van der Waals surface area contributed by atoms with Crippen LogP contribution in [0.4, 0.5) is 16.3 Å². The molecule has 40 heavy (non-hydrogen) atoms. The van der Waals surface area contributed by atoms with Gasteiger partial charge in [-0.15, -0.1) is 0 Å². The fourth-order valence-corrected chi connectivity index (χ4v) is 5.44. The predicted octanol–water partition coefficient (Wildman–Crippen LogP) is 3.67. The molecule has 3 N–H and O–H groups in total. The van der Waals surface area contributed by atoms with Gasteiger partial charge in [-0.05, 0) is 67.4 Å². The summed E-state index contributed by atoms with van der Waals surface area (Å²) in [5, 5.41) is 20.5. The molecule has 0 bridgehead atoms. The summed E-state index contributed by atoms with van der Waals surface area (Å²) in [7, 11) is 0. The second-order valence-electron chi connectivity index (χ2n) is 10.3. The van der Waals surface area contributed by atoms with Crippen LogP contribution in [0.15, 0.2) is 55.0 Å². The van der Waals surface area contributed by atoms with E-state index in [1.165, 1.54) is 19.3 Å². The number of nitrogens with zero attached hydrogens (tertiary/aromatic N) is 6. The topological polar surface area (TPSA) is 129 Å². The van der Waals surface area contributed by atoms with Gasteiger partial charge in [0.2, 0.25) is 0 Å². The molecule has 0 atom stereocenters. The highest BCUT2D eigenvalue weighted by atomic mass is 16.4. The summed E-state index contributed by atoms with van der Waals surface area (Å²) < 4.78 is 1.10. The van der Waals surface area contributed by atoms with Crippen molar-refractivity contribution in [3.8, 4) is 11.1 Å². The molecule has 0 radical (unpaired) electrons. The second-order valence-corrected chi connectivity index (χ2v) is 10.3. The van der Waals surface area contributed by atoms with E-state index in [1.54, 1.807) is 30.6 Å².